The van der Waals surface area contributed by atoms with Crippen molar-refractivity contribution in [3.05, 3.63) is 70.8 Å². The van der Waals surface area contributed by atoms with Gasteiger partial charge in [-0.05, 0) is 48.2 Å². The number of fused-ring (bicyclic) bond motifs is 1. The molecule has 7 heteroatoms. The summed E-state index contributed by atoms with van der Waals surface area (Å²) < 4.78 is 0. The molecule has 6 nitrogen and oxygen atoms in total. The molecule has 0 bridgehead atoms. The molecule has 3 rings (SSSR count). The molecule has 0 saturated heterocycles. The van der Waals surface area contributed by atoms with E-state index in [0.717, 1.165) is 19.5 Å². The molecule has 28 heavy (non-hydrogen) atoms. The van der Waals surface area contributed by atoms with Crippen molar-refractivity contribution in [3.8, 4) is 0 Å². The Morgan fingerprint density at radius 3 is 2.39 bits per heavy atom. The Morgan fingerprint density at radius 1 is 1.07 bits per heavy atom. The SMILES string of the molecule is O=C(O)c1ccc(C(=O)NCCC(O)CN2CCc3ccccc3C2)cc1.[H-].[Li+]. The molecule has 0 aliphatic carbocycles. The fourth-order valence-electron chi connectivity index (χ4n) is 3.32. The second-order valence-corrected chi connectivity index (χ2v) is 6.83. The molecule has 3 N–H and O–H groups in total. The quantitative estimate of drug-likeness (QED) is 0.542. The van der Waals surface area contributed by atoms with Gasteiger partial charge in [0.25, 0.3) is 5.91 Å². The van der Waals surface area contributed by atoms with Gasteiger partial charge in [-0.3, -0.25) is 9.69 Å². The summed E-state index contributed by atoms with van der Waals surface area (Å²) in [6.07, 6.45) is 0.952. The van der Waals surface area contributed by atoms with Gasteiger partial charge in [-0.15, -0.1) is 0 Å². The molecule has 0 radical (unpaired) electrons. The summed E-state index contributed by atoms with van der Waals surface area (Å²) in [6, 6.07) is 14.2. The van der Waals surface area contributed by atoms with Crippen molar-refractivity contribution in [2.45, 2.75) is 25.5 Å². The molecule has 1 amide bonds. The Bertz CT molecular complexity index is 817. The first-order valence-electron chi connectivity index (χ1n) is 9.11. The van der Waals surface area contributed by atoms with E-state index < -0.39 is 12.1 Å². The molecule has 0 saturated carbocycles. The van der Waals surface area contributed by atoms with Crippen molar-refractivity contribution in [2.75, 3.05) is 19.6 Å². The first-order chi connectivity index (χ1) is 13.0. The van der Waals surface area contributed by atoms with E-state index in [9.17, 15) is 14.7 Å². The molecule has 0 aromatic heterocycles. The molecule has 1 aliphatic heterocycles. The number of rotatable bonds is 7. The maximum Gasteiger partial charge on any atom is 1.00 e. The van der Waals surface area contributed by atoms with Crippen LogP contribution in [0.25, 0.3) is 0 Å². The Balaban J connectivity index is 0.00000210. The summed E-state index contributed by atoms with van der Waals surface area (Å²) in [6.45, 7) is 2.72. The average Bonchev–Trinajstić information content (AvgIpc) is 2.68. The fourth-order valence-corrected chi connectivity index (χ4v) is 3.32. The number of carboxylic acids is 1. The van der Waals surface area contributed by atoms with E-state index in [2.05, 4.69) is 28.4 Å². The van der Waals surface area contributed by atoms with Gasteiger partial charge in [0.05, 0.1) is 11.7 Å². The van der Waals surface area contributed by atoms with E-state index in [1.165, 1.54) is 35.4 Å². The predicted molar refractivity (Wildman–Crippen MR) is 103 cm³/mol. The van der Waals surface area contributed by atoms with Crippen LogP contribution >= 0.6 is 0 Å². The number of aliphatic hydroxyl groups excluding tert-OH is 1. The van der Waals surface area contributed by atoms with Gasteiger partial charge in [-0.25, -0.2) is 4.79 Å². The summed E-state index contributed by atoms with van der Waals surface area (Å²) in [4.78, 5) is 25.1. The van der Waals surface area contributed by atoms with Crippen LogP contribution in [0.2, 0.25) is 0 Å². The van der Waals surface area contributed by atoms with E-state index in [-0.39, 0.29) is 31.8 Å². The van der Waals surface area contributed by atoms with Crippen molar-refractivity contribution in [1.29, 1.82) is 0 Å². The van der Waals surface area contributed by atoms with Crippen molar-refractivity contribution < 1.29 is 40.1 Å². The first-order valence-corrected chi connectivity index (χ1v) is 9.11. The second kappa shape index (κ2) is 10.4. The number of aliphatic hydroxyl groups is 1. The van der Waals surface area contributed by atoms with E-state index >= 15 is 0 Å². The summed E-state index contributed by atoms with van der Waals surface area (Å²) in [7, 11) is 0. The average molecular weight is 376 g/mol. The number of hydrogen-bond acceptors (Lipinski definition) is 4. The molecule has 1 heterocycles. The van der Waals surface area contributed by atoms with Gasteiger partial charge in [0.15, 0.2) is 0 Å². The Hall–Kier alpha value is -2.10. The minimum absolute atomic E-state index is 0. The molecule has 1 aliphatic rings. The van der Waals surface area contributed by atoms with Crippen LogP contribution < -0.4 is 24.2 Å². The fraction of sp³-hybridized carbons (Fsp3) is 0.333. The van der Waals surface area contributed by atoms with Crippen LogP contribution in [-0.2, 0) is 13.0 Å². The van der Waals surface area contributed by atoms with E-state index in [1.807, 2.05) is 6.07 Å². The third kappa shape index (κ3) is 5.95. The van der Waals surface area contributed by atoms with E-state index in [4.69, 9.17) is 5.11 Å². The first kappa shape index (κ1) is 22.2. The third-order valence-corrected chi connectivity index (χ3v) is 4.84. The number of β-amino-alcohol motifs (C(OH)–C–C–N with tert-alkyl or cyclic N) is 1. The summed E-state index contributed by atoms with van der Waals surface area (Å²) in [5.74, 6) is -1.29. The van der Waals surface area contributed by atoms with Gasteiger partial charge in [0, 0.05) is 31.7 Å². The molecule has 0 fully saturated rings. The minimum Gasteiger partial charge on any atom is -1.00 e. The van der Waals surface area contributed by atoms with Crippen LogP contribution in [-0.4, -0.2) is 52.7 Å². The molecule has 2 aromatic rings. The van der Waals surface area contributed by atoms with Crippen molar-refractivity contribution in [3.63, 3.8) is 0 Å². The third-order valence-electron chi connectivity index (χ3n) is 4.84. The van der Waals surface area contributed by atoms with Crippen molar-refractivity contribution >= 4 is 11.9 Å². The standard InChI is InChI=1S/C21H24N2O4.Li.H/c24-19(14-23-12-10-15-3-1-2-4-18(15)13-23)9-11-22-20(25)16-5-7-17(8-6-16)21(26)27;;/h1-8,19,24H,9-14H2,(H,22,25)(H,26,27);;/q;+1;-1. The molecular weight excluding hydrogens is 351 g/mol. The monoisotopic (exact) mass is 376 g/mol. The Kier molecular flexibility index (Phi) is 8.28. The summed E-state index contributed by atoms with van der Waals surface area (Å²) in [5, 5.41) is 21.9. The number of hydrogen-bond donors (Lipinski definition) is 3. The smallest absolute Gasteiger partial charge is 1.00 e. The van der Waals surface area contributed by atoms with Crippen molar-refractivity contribution in [1.82, 2.24) is 10.2 Å². The Labute approximate surface area is 178 Å². The zero-order chi connectivity index (χ0) is 19.2. The van der Waals surface area contributed by atoms with Gasteiger partial charge >= 0.3 is 24.8 Å². The predicted octanol–water partition coefficient (Wildman–Crippen LogP) is -0.960. The normalized spacial score (nSPS) is 14.5. The molecular formula is C21H25LiN2O4. The van der Waals surface area contributed by atoms with Gasteiger partial charge in [-0.2, -0.15) is 0 Å². The van der Waals surface area contributed by atoms with Crippen LogP contribution in [0.1, 0.15) is 39.7 Å². The van der Waals surface area contributed by atoms with Crippen molar-refractivity contribution in [2.24, 2.45) is 0 Å². The second-order valence-electron chi connectivity index (χ2n) is 6.83. The summed E-state index contributed by atoms with van der Waals surface area (Å²) >= 11 is 0. The van der Waals surface area contributed by atoms with E-state index in [1.54, 1.807) is 0 Å². The molecule has 144 valence electrons. The van der Waals surface area contributed by atoms with Crippen LogP contribution in [0.3, 0.4) is 0 Å². The van der Waals surface area contributed by atoms with Gasteiger partial charge in [0.1, 0.15) is 0 Å². The number of carbonyl (C=O) groups is 2. The summed E-state index contributed by atoms with van der Waals surface area (Å²) in [5.41, 5.74) is 3.24. The number of amides is 1. The van der Waals surface area contributed by atoms with E-state index in [0.29, 0.717) is 25.1 Å². The molecule has 1 unspecified atom stereocenters. The molecule has 2 aromatic carbocycles. The topological polar surface area (TPSA) is 89.9 Å². The van der Waals surface area contributed by atoms with Crippen LogP contribution in [0.5, 0.6) is 0 Å². The number of nitrogens with zero attached hydrogens (tertiary/aromatic N) is 1. The number of nitrogens with one attached hydrogen (secondary N) is 1. The number of carbonyl (C=O) groups excluding carboxylic acids is 1. The zero-order valence-corrected chi connectivity index (χ0v) is 16.1. The minimum atomic E-state index is -1.02. The number of benzene rings is 2. The maximum atomic E-state index is 12.1. The molecule has 0 spiro atoms. The largest absolute Gasteiger partial charge is 1.00 e. The molecule has 1 atom stereocenters. The number of aromatic carboxylic acids is 1. The Morgan fingerprint density at radius 2 is 1.71 bits per heavy atom. The van der Waals surface area contributed by atoms with Crippen LogP contribution in [0.15, 0.2) is 48.5 Å². The maximum absolute atomic E-state index is 12.1. The van der Waals surface area contributed by atoms with Crippen LogP contribution in [0.4, 0.5) is 0 Å². The van der Waals surface area contributed by atoms with Gasteiger partial charge in [0.2, 0.25) is 0 Å². The zero-order valence-electron chi connectivity index (χ0n) is 17.1. The van der Waals surface area contributed by atoms with Gasteiger partial charge < -0.3 is 17.0 Å². The number of carboxylic acid groups (broad SMARTS) is 1. The van der Waals surface area contributed by atoms with Gasteiger partial charge in [-0.1, -0.05) is 24.3 Å². The van der Waals surface area contributed by atoms with Crippen LogP contribution in [0, 0.1) is 0 Å².